The second-order valence-corrected chi connectivity index (χ2v) is 7.05. The Labute approximate surface area is 136 Å². The molecule has 21 heavy (non-hydrogen) atoms. The molecule has 4 heteroatoms. The van der Waals surface area contributed by atoms with E-state index >= 15 is 0 Å². The molecular weight excluding hydrogens is 330 g/mol. The van der Waals surface area contributed by atoms with Crippen LogP contribution in [0.2, 0.25) is 0 Å². The van der Waals surface area contributed by atoms with Crippen LogP contribution < -0.4 is 5.32 Å². The lowest BCUT2D eigenvalue weighted by Crippen LogP contribution is -2.33. The summed E-state index contributed by atoms with van der Waals surface area (Å²) in [5.74, 6) is 0.761. The van der Waals surface area contributed by atoms with Crippen molar-refractivity contribution in [2.45, 2.75) is 51.4 Å². The number of benzene rings is 1. The Morgan fingerprint density at radius 3 is 2.81 bits per heavy atom. The van der Waals surface area contributed by atoms with Crippen LogP contribution in [-0.4, -0.2) is 30.5 Å². The average Bonchev–Trinajstić information content (AvgIpc) is 2.47. The Morgan fingerprint density at radius 1 is 1.33 bits per heavy atom. The number of hydrogen-bond donors (Lipinski definition) is 2. The van der Waals surface area contributed by atoms with Crippen molar-refractivity contribution in [3.63, 3.8) is 0 Å². The molecule has 1 aliphatic carbocycles. The summed E-state index contributed by atoms with van der Waals surface area (Å²) in [6.07, 6.45) is 4.76. The van der Waals surface area contributed by atoms with Gasteiger partial charge in [-0.15, -0.1) is 0 Å². The highest BCUT2D eigenvalue weighted by molar-refractivity contribution is 9.10. The number of hydrogen-bond acceptors (Lipinski definition) is 3. The van der Waals surface area contributed by atoms with Crippen molar-refractivity contribution in [3.05, 3.63) is 34.3 Å². The van der Waals surface area contributed by atoms with Crippen molar-refractivity contribution in [1.82, 2.24) is 5.32 Å². The minimum absolute atomic E-state index is 0.342. The lowest BCUT2D eigenvalue weighted by Gasteiger charge is -2.27. The van der Waals surface area contributed by atoms with Crippen LogP contribution in [0.1, 0.15) is 38.2 Å². The summed E-state index contributed by atoms with van der Waals surface area (Å²) in [5.41, 5.74) is 1.22. The maximum absolute atomic E-state index is 9.97. The summed E-state index contributed by atoms with van der Waals surface area (Å²) in [6.45, 7) is 4.06. The minimum Gasteiger partial charge on any atom is -0.389 e. The molecule has 0 spiro atoms. The van der Waals surface area contributed by atoms with Crippen LogP contribution in [0.25, 0.3) is 0 Å². The van der Waals surface area contributed by atoms with E-state index in [-0.39, 0.29) is 0 Å². The van der Waals surface area contributed by atoms with Crippen LogP contribution >= 0.6 is 15.9 Å². The molecule has 0 radical (unpaired) electrons. The van der Waals surface area contributed by atoms with Crippen LogP contribution in [0.4, 0.5) is 0 Å². The lowest BCUT2D eigenvalue weighted by molar-refractivity contribution is -0.0306. The third kappa shape index (κ3) is 6.47. The largest absolute Gasteiger partial charge is 0.389 e. The molecule has 1 aliphatic rings. The van der Waals surface area contributed by atoms with Crippen LogP contribution in [0.5, 0.6) is 0 Å². The van der Waals surface area contributed by atoms with E-state index in [9.17, 15) is 5.11 Å². The predicted molar refractivity (Wildman–Crippen MR) is 89.2 cm³/mol. The Bertz CT molecular complexity index is 410. The van der Waals surface area contributed by atoms with Gasteiger partial charge in [-0.3, -0.25) is 0 Å². The number of nitrogens with one attached hydrogen (secondary N) is 1. The van der Waals surface area contributed by atoms with Gasteiger partial charge in [0.05, 0.1) is 18.8 Å². The highest BCUT2D eigenvalue weighted by Gasteiger charge is 2.20. The summed E-state index contributed by atoms with van der Waals surface area (Å²) in [4.78, 5) is 0. The summed E-state index contributed by atoms with van der Waals surface area (Å²) in [6, 6.07) is 8.20. The van der Waals surface area contributed by atoms with Gasteiger partial charge in [0.2, 0.25) is 0 Å². The average molecular weight is 356 g/mol. The molecule has 3 nitrogen and oxygen atoms in total. The molecule has 0 heterocycles. The maximum Gasteiger partial charge on any atom is 0.0897 e. The van der Waals surface area contributed by atoms with Gasteiger partial charge in [0, 0.05) is 17.6 Å². The van der Waals surface area contributed by atoms with Crippen molar-refractivity contribution in [3.8, 4) is 0 Å². The topological polar surface area (TPSA) is 41.5 Å². The molecule has 0 bridgehead atoms. The highest BCUT2D eigenvalue weighted by Crippen LogP contribution is 2.25. The van der Waals surface area contributed by atoms with Crippen molar-refractivity contribution < 1.29 is 9.84 Å². The number of aliphatic hydroxyl groups excluding tert-OH is 1. The summed E-state index contributed by atoms with van der Waals surface area (Å²) in [7, 11) is 0. The number of rotatable bonds is 7. The zero-order valence-electron chi connectivity index (χ0n) is 12.7. The van der Waals surface area contributed by atoms with Gasteiger partial charge in [0.1, 0.15) is 0 Å². The molecule has 3 unspecified atom stereocenters. The second-order valence-electron chi connectivity index (χ2n) is 6.14. The smallest absolute Gasteiger partial charge is 0.0897 e. The monoisotopic (exact) mass is 355 g/mol. The van der Waals surface area contributed by atoms with Crippen LogP contribution in [0, 0.1) is 5.92 Å². The molecule has 0 saturated heterocycles. The predicted octanol–water partition coefficient (Wildman–Crippen LogP) is 3.49. The van der Waals surface area contributed by atoms with Gasteiger partial charge in [-0.25, -0.2) is 0 Å². The Hall–Kier alpha value is -0.420. The maximum atomic E-state index is 9.97. The summed E-state index contributed by atoms with van der Waals surface area (Å²) in [5, 5.41) is 13.2. The normalized spacial score (nSPS) is 24.0. The molecule has 2 N–H and O–H groups in total. The fourth-order valence-corrected chi connectivity index (χ4v) is 3.09. The van der Waals surface area contributed by atoms with E-state index in [1.54, 1.807) is 0 Å². The van der Waals surface area contributed by atoms with Crippen molar-refractivity contribution in [2.75, 3.05) is 13.2 Å². The van der Waals surface area contributed by atoms with Crippen molar-refractivity contribution in [1.29, 1.82) is 0 Å². The van der Waals surface area contributed by atoms with E-state index < -0.39 is 6.10 Å². The molecule has 2 rings (SSSR count). The zero-order valence-corrected chi connectivity index (χ0v) is 14.3. The fraction of sp³-hybridized carbons (Fsp3) is 0.647. The highest BCUT2D eigenvalue weighted by atomic mass is 79.9. The summed E-state index contributed by atoms with van der Waals surface area (Å²) >= 11 is 3.42. The van der Waals surface area contributed by atoms with Crippen LogP contribution in [0.3, 0.4) is 0 Å². The van der Waals surface area contributed by atoms with Crippen molar-refractivity contribution in [2.24, 2.45) is 5.92 Å². The first kappa shape index (κ1) is 16.9. The first-order valence-electron chi connectivity index (χ1n) is 7.88. The molecule has 0 aromatic heterocycles. The van der Waals surface area contributed by atoms with E-state index in [0.29, 0.717) is 19.3 Å². The fourth-order valence-electron chi connectivity index (χ4n) is 2.82. The zero-order chi connectivity index (χ0) is 15.1. The van der Waals surface area contributed by atoms with Crippen molar-refractivity contribution >= 4 is 15.9 Å². The van der Waals surface area contributed by atoms with Gasteiger partial charge >= 0.3 is 0 Å². The number of ether oxygens (including phenoxy) is 1. The van der Waals surface area contributed by atoms with Gasteiger partial charge < -0.3 is 15.2 Å². The SMILES string of the molecule is CC1CCCC(OCC(O)CNCc2ccc(Br)cc2)C1. The van der Waals surface area contributed by atoms with Crippen LogP contribution in [0.15, 0.2) is 28.7 Å². The van der Waals surface area contributed by atoms with Gasteiger partial charge in [-0.05, 0) is 36.5 Å². The van der Waals surface area contributed by atoms with Gasteiger partial charge in [0.15, 0.2) is 0 Å². The molecule has 1 aromatic carbocycles. The quantitative estimate of drug-likeness (QED) is 0.786. The molecule has 1 aromatic rings. The van der Waals surface area contributed by atoms with Gasteiger partial charge in [-0.2, -0.15) is 0 Å². The third-order valence-electron chi connectivity index (χ3n) is 4.03. The van der Waals surface area contributed by atoms with Gasteiger partial charge in [0.25, 0.3) is 0 Å². The Kier molecular flexibility index (Phi) is 7.17. The van der Waals surface area contributed by atoms with E-state index in [1.165, 1.54) is 18.4 Å². The van der Waals surface area contributed by atoms with E-state index in [0.717, 1.165) is 29.8 Å². The molecule has 1 saturated carbocycles. The lowest BCUT2D eigenvalue weighted by atomic mass is 9.89. The van der Waals surface area contributed by atoms with E-state index in [2.05, 4.69) is 40.3 Å². The molecule has 1 fully saturated rings. The number of aliphatic hydroxyl groups is 1. The van der Waals surface area contributed by atoms with Gasteiger partial charge in [-0.1, -0.05) is 47.8 Å². The molecule has 0 aliphatic heterocycles. The van der Waals surface area contributed by atoms with Crippen LogP contribution in [-0.2, 0) is 11.3 Å². The number of halogens is 1. The Balaban J connectivity index is 1.59. The van der Waals surface area contributed by atoms with E-state index in [1.807, 2.05) is 12.1 Å². The first-order chi connectivity index (χ1) is 10.1. The first-order valence-corrected chi connectivity index (χ1v) is 8.67. The molecule has 3 atom stereocenters. The Morgan fingerprint density at radius 2 is 2.10 bits per heavy atom. The minimum atomic E-state index is -0.433. The standard InChI is InChI=1S/C17H26BrNO2/c1-13-3-2-4-17(9-13)21-12-16(20)11-19-10-14-5-7-15(18)8-6-14/h5-8,13,16-17,19-20H,2-4,9-12H2,1H3. The summed E-state index contributed by atoms with van der Waals surface area (Å²) < 4.78 is 6.92. The molecule has 0 amide bonds. The van der Waals surface area contributed by atoms with E-state index in [4.69, 9.17) is 4.74 Å². The third-order valence-corrected chi connectivity index (χ3v) is 4.56. The molecular formula is C17H26BrNO2. The second kappa shape index (κ2) is 8.89. The molecule has 118 valence electrons.